The number of hydrogen-bond donors (Lipinski definition) is 4. The molecule has 0 radical (unpaired) electrons. The smallest absolute Gasteiger partial charge is 0.352 e. The molecule has 1 heterocycles. The van der Waals surface area contributed by atoms with Crippen LogP contribution in [0.1, 0.15) is 81.5 Å². The van der Waals surface area contributed by atoms with Crippen LogP contribution in [0.25, 0.3) is 0 Å². The van der Waals surface area contributed by atoms with Crippen LogP contribution < -0.4 is 54.4 Å². The van der Waals surface area contributed by atoms with Crippen LogP contribution in [0.4, 0.5) is 0 Å². The number of aliphatic imine (C=N–C) groups is 1. The molecule has 0 bridgehead atoms. The minimum absolute atomic E-state index is 0. The second kappa shape index (κ2) is 21.8. The van der Waals surface area contributed by atoms with Crippen LogP contribution in [-0.2, 0) is 6.42 Å². The van der Waals surface area contributed by atoms with Crippen molar-refractivity contribution >= 4 is 45.0 Å². The van der Waals surface area contributed by atoms with Crippen LogP contribution in [0.5, 0.6) is 5.75 Å². The SMILES string of the molecule is NC1=NC(c2ccc(OCCCCCCCCCCCCP(Cl)(c3ccccc3)(c3ccccc3)c3ccccc3)cc2)NC(=[NH+]CCc2ccccc2)N1.[Cl-]. The van der Waals surface area contributed by atoms with E-state index in [-0.39, 0.29) is 18.6 Å². The predicted octanol–water partition coefficient (Wildman–Crippen LogP) is 4.84. The maximum atomic E-state index is 8.22. The molecule has 6 rings (SSSR count). The van der Waals surface area contributed by atoms with E-state index in [4.69, 9.17) is 21.7 Å². The minimum atomic E-state index is -3.14. The molecule has 56 heavy (non-hydrogen) atoms. The Morgan fingerprint density at radius 3 is 1.59 bits per heavy atom. The van der Waals surface area contributed by atoms with Crippen molar-refractivity contribution in [2.45, 2.75) is 76.8 Å². The van der Waals surface area contributed by atoms with E-state index in [1.807, 2.05) is 18.2 Å². The van der Waals surface area contributed by atoms with Crippen LogP contribution in [0.2, 0.25) is 0 Å². The van der Waals surface area contributed by atoms with Crippen molar-refractivity contribution in [2.75, 3.05) is 19.3 Å². The van der Waals surface area contributed by atoms with Crippen LogP contribution in [0, 0.1) is 0 Å². The zero-order chi connectivity index (χ0) is 38.0. The Bertz CT molecular complexity index is 1830. The van der Waals surface area contributed by atoms with Gasteiger partial charge in [0.15, 0.2) is 6.17 Å². The molecule has 6 nitrogen and oxygen atoms in total. The standard InChI is InChI=1S/C47H57ClN5OP.ClH/c48-55(42-25-15-10-16-26-42,43-27-17-11-18-28-43,44-29-19-12-20-30-44)38-22-8-6-4-2-1-3-5-7-21-37-54-41-33-31-40(32-34-41)45-51-46(49)53-47(52-45)50-36-35-39-23-13-9-14-24-39;/h9-20,23-34,45H,1-8,21-22,35-38H2,(H4,49,50,51,52,53);1H. The molecule has 0 saturated heterocycles. The molecule has 0 spiro atoms. The fourth-order valence-electron chi connectivity index (χ4n) is 7.65. The number of ether oxygens (including phenoxy) is 1. The van der Waals surface area contributed by atoms with E-state index >= 15 is 0 Å². The second-order valence-corrected chi connectivity index (χ2v) is 21.2. The van der Waals surface area contributed by atoms with Gasteiger partial charge in [-0.2, -0.15) is 4.99 Å². The Hall–Kier alpha value is -4.35. The summed E-state index contributed by atoms with van der Waals surface area (Å²) in [5.41, 5.74) is 8.42. The number of unbranched alkanes of at least 4 members (excludes halogenated alkanes) is 9. The monoisotopic (exact) mass is 809 g/mol. The normalized spacial score (nSPS) is 15.4. The average molecular weight is 811 g/mol. The number of benzene rings is 5. The fraction of sp³-hybridized carbons (Fsp3) is 0.319. The minimum Gasteiger partial charge on any atom is -1.00 e. The Kier molecular flexibility index (Phi) is 16.7. The molecule has 0 fully saturated rings. The van der Waals surface area contributed by atoms with E-state index in [1.54, 1.807) is 0 Å². The van der Waals surface area contributed by atoms with Crippen molar-refractivity contribution < 1.29 is 22.1 Å². The number of nitrogens with one attached hydrogen (secondary N) is 3. The first-order valence-corrected chi connectivity index (χ1v) is 23.5. The molecule has 5 aromatic rings. The molecule has 5 N–H and O–H groups in total. The van der Waals surface area contributed by atoms with Crippen LogP contribution in [0.3, 0.4) is 0 Å². The van der Waals surface area contributed by atoms with Gasteiger partial charge in [0.25, 0.3) is 5.96 Å². The van der Waals surface area contributed by atoms with E-state index in [0.717, 1.165) is 55.8 Å². The fourth-order valence-corrected chi connectivity index (χ4v) is 13.9. The van der Waals surface area contributed by atoms with Crippen molar-refractivity contribution in [3.8, 4) is 5.75 Å². The van der Waals surface area contributed by atoms with Gasteiger partial charge in [0, 0.05) is 12.0 Å². The van der Waals surface area contributed by atoms with Crippen molar-refractivity contribution in [2.24, 2.45) is 10.7 Å². The number of nitrogens with two attached hydrogens (primary N) is 1. The maximum Gasteiger partial charge on any atom is 0.352 e. The number of rotatable bonds is 21. The van der Waals surface area contributed by atoms with Gasteiger partial charge in [-0.15, -0.1) is 0 Å². The summed E-state index contributed by atoms with van der Waals surface area (Å²) < 4.78 is 6.07. The zero-order valence-electron chi connectivity index (χ0n) is 32.5. The van der Waals surface area contributed by atoms with Gasteiger partial charge in [0.05, 0.1) is 6.54 Å². The molecule has 0 aliphatic carbocycles. The zero-order valence-corrected chi connectivity index (χ0v) is 34.9. The summed E-state index contributed by atoms with van der Waals surface area (Å²) in [6.07, 6.45) is 13.9. The summed E-state index contributed by atoms with van der Waals surface area (Å²) in [6, 6.07) is 51.1. The third-order valence-electron chi connectivity index (χ3n) is 10.7. The number of halogens is 2. The van der Waals surface area contributed by atoms with E-state index in [2.05, 4.69) is 148 Å². The van der Waals surface area contributed by atoms with E-state index in [9.17, 15) is 0 Å². The molecule has 1 unspecified atom stereocenters. The molecule has 5 aromatic carbocycles. The Morgan fingerprint density at radius 2 is 1.07 bits per heavy atom. The topological polar surface area (TPSA) is 85.6 Å². The predicted molar refractivity (Wildman–Crippen MR) is 236 cm³/mol. The molecule has 0 amide bonds. The Balaban J connectivity index is 0.00000600. The van der Waals surface area contributed by atoms with Crippen LogP contribution >= 0.6 is 17.2 Å². The molecular weight excluding hydrogens is 752 g/mol. The molecular formula is C47H58Cl2N5OP. The summed E-state index contributed by atoms with van der Waals surface area (Å²) in [4.78, 5) is 7.95. The van der Waals surface area contributed by atoms with Crippen molar-refractivity contribution in [1.82, 2.24) is 10.6 Å². The Morgan fingerprint density at radius 1 is 0.607 bits per heavy atom. The van der Waals surface area contributed by atoms with Gasteiger partial charge in [0.2, 0.25) is 0 Å². The first-order valence-electron chi connectivity index (χ1n) is 20.2. The average Bonchev–Trinajstić information content (AvgIpc) is 3.24. The molecule has 0 aromatic heterocycles. The third kappa shape index (κ3) is 11.4. The quantitative estimate of drug-likeness (QED) is 0.0633. The first kappa shape index (κ1) is 42.8. The van der Waals surface area contributed by atoms with Gasteiger partial charge < -0.3 is 22.9 Å². The maximum absolute atomic E-state index is 8.22. The summed E-state index contributed by atoms with van der Waals surface area (Å²) in [7, 11) is 0. The Labute approximate surface area is 345 Å². The van der Waals surface area contributed by atoms with Crippen LogP contribution in [-0.4, -0.2) is 31.2 Å². The second-order valence-electron chi connectivity index (χ2n) is 14.6. The van der Waals surface area contributed by atoms with Gasteiger partial charge in [-0.1, -0.05) is 30.3 Å². The molecule has 296 valence electrons. The summed E-state index contributed by atoms with van der Waals surface area (Å²) in [6.45, 7) is 1.52. The largest absolute Gasteiger partial charge is 1.00 e. The molecule has 1 aliphatic rings. The molecule has 1 aliphatic heterocycles. The summed E-state index contributed by atoms with van der Waals surface area (Å²) in [5.74, 6) is -1.10. The third-order valence-corrected chi connectivity index (χ3v) is 18.2. The van der Waals surface area contributed by atoms with Crippen molar-refractivity contribution in [1.29, 1.82) is 0 Å². The molecule has 0 saturated carbocycles. The van der Waals surface area contributed by atoms with Gasteiger partial charge in [-0.3, -0.25) is 10.3 Å². The number of guanidine groups is 2. The van der Waals surface area contributed by atoms with E-state index in [0.29, 0.717) is 5.96 Å². The molecule has 9 heteroatoms. The van der Waals surface area contributed by atoms with Crippen molar-refractivity contribution in [3.05, 3.63) is 157 Å². The van der Waals surface area contributed by atoms with Gasteiger partial charge in [-0.25, -0.2) is 5.32 Å². The molecule has 1 atom stereocenters. The van der Waals surface area contributed by atoms with Gasteiger partial charge in [0.1, 0.15) is 5.75 Å². The number of nitrogens with zero attached hydrogens (tertiary/aromatic N) is 1. The van der Waals surface area contributed by atoms with Gasteiger partial charge >= 0.3 is 207 Å². The summed E-state index contributed by atoms with van der Waals surface area (Å²) in [5, 5.41) is 10.3. The van der Waals surface area contributed by atoms with Crippen LogP contribution in [0.15, 0.2) is 151 Å². The first-order chi connectivity index (χ1) is 27.0. The van der Waals surface area contributed by atoms with E-state index in [1.165, 1.54) is 72.8 Å². The summed E-state index contributed by atoms with van der Waals surface area (Å²) >= 11 is 8.22. The van der Waals surface area contributed by atoms with Crippen molar-refractivity contribution in [3.63, 3.8) is 0 Å². The van der Waals surface area contributed by atoms with E-state index < -0.39 is 5.96 Å². The number of hydrogen-bond acceptors (Lipinski definition) is 3. The van der Waals surface area contributed by atoms with Gasteiger partial charge in [-0.05, 0) is 29.8 Å².